The Hall–Kier alpha value is -1.96. The van der Waals surface area contributed by atoms with Gasteiger partial charge in [0.05, 0.1) is 16.9 Å². The highest BCUT2D eigenvalue weighted by atomic mass is 32.1. The molecule has 0 aliphatic carbocycles. The van der Waals surface area contributed by atoms with Crippen molar-refractivity contribution in [2.45, 2.75) is 44.2 Å². The van der Waals surface area contributed by atoms with E-state index in [0.29, 0.717) is 5.92 Å². The first-order valence-electron chi connectivity index (χ1n) is 10.2. The molecule has 0 bridgehead atoms. The lowest BCUT2D eigenvalue weighted by atomic mass is 9.87. The van der Waals surface area contributed by atoms with Crippen molar-refractivity contribution >= 4 is 28.7 Å². The molecule has 3 aliphatic rings. The fourth-order valence-corrected chi connectivity index (χ4v) is 5.47. The average molecular weight is 397 g/mol. The molecule has 6 nitrogen and oxygen atoms in total. The van der Waals surface area contributed by atoms with Gasteiger partial charge in [0.1, 0.15) is 0 Å². The molecule has 5 rings (SSSR count). The topological polar surface area (TPSA) is 62.6 Å². The summed E-state index contributed by atoms with van der Waals surface area (Å²) in [6, 6.07) is 6.76. The molecular formula is C21H26N5OS. The Bertz CT molecular complexity index is 823. The molecule has 3 aliphatic heterocycles. The molecule has 2 aromatic rings. The molecule has 1 N–H and O–H groups in total. The first kappa shape index (κ1) is 18.1. The number of hydrogen-bond acceptors (Lipinski definition) is 5. The largest absolute Gasteiger partial charge is 0.346 e. The average Bonchev–Trinajstić information content (AvgIpc) is 3.36. The summed E-state index contributed by atoms with van der Waals surface area (Å²) in [5.74, 6) is 0.582. The van der Waals surface area contributed by atoms with Crippen LogP contribution in [0.1, 0.15) is 42.0 Å². The van der Waals surface area contributed by atoms with Gasteiger partial charge < -0.3 is 10.2 Å². The number of amides is 2. The molecule has 1 aromatic heterocycles. The van der Waals surface area contributed by atoms with Gasteiger partial charge in [-0.1, -0.05) is 6.07 Å². The summed E-state index contributed by atoms with van der Waals surface area (Å²) in [7, 11) is 0. The van der Waals surface area contributed by atoms with Crippen LogP contribution in [0.5, 0.6) is 0 Å². The number of fused-ring (bicyclic) bond motifs is 1. The van der Waals surface area contributed by atoms with Crippen LogP contribution in [-0.4, -0.2) is 53.0 Å². The third kappa shape index (κ3) is 3.79. The second-order valence-corrected chi connectivity index (χ2v) is 9.07. The van der Waals surface area contributed by atoms with Gasteiger partial charge in [0.15, 0.2) is 0 Å². The zero-order chi connectivity index (χ0) is 18.9. The molecule has 2 fully saturated rings. The Morgan fingerprint density at radius 3 is 2.68 bits per heavy atom. The molecule has 147 valence electrons. The van der Waals surface area contributed by atoms with Gasteiger partial charge >= 0.3 is 6.03 Å². The summed E-state index contributed by atoms with van der Waals surface area (Å²) >= 11 is 1.76. The molecule has 0 saturated carbocycles. The first-order chi connectivity index (χ1) is 13.7. The highest BCUT2D eigenvalue weighted by Crippen LogP contribution is 2.35. The SMILES string of the molecule is O=C1[N]c2cc(C3CCN(C4CCN(Cc5cncs5)CC4)CC3)ccc2N1. The number of carbonyl (C=O) groups is 1. The van der Waals surface area contributed by atoms with Crippen molar-refractivity contribution in [3.05, 3.63) is 40.3 Å². The van der Waals surface area contributed by atoms with Gasteiger partial charge in [-0.15, -0.1) is 11.3 Å². The Labute approximate surface area is 169 Å². The third-order valence-corrected chi connectivity index (χ3v) is 7.19. The van der Waals surface area contributed by atoms with E-state index in [9.17, 15) is 4.79 Å². The Balaban J connectivity index is 1.12. The number of anilines is 1. The Morgan fingerprint density at radius 1 is 1.11 bits per heavy atom. The number of hydrogen-bond donors (Lipinski definition) is 1. The normalized spacial score (nSPS) is 22.1. The van der Waals surface area contributed by atoms with Crippen LogP contribution in [0.25, 0.3) is 0 Å². The van der Waals surface area contributed by atoms with Crippen molar-refractivity contribution < 1.29 is 4.79 Å². The summed E-state index contributed by atoms with van der Waals surface area (Å²) < 4.78 is 0. The number of urea groups is 1. The highest BCUT2D eigenvalue weighted by Gasteiger charge is 2.29. The van der Waals surface area contributed by atoms with Crippen molar-refractivity contribution in [3.8, 4) is 0 Å². The van der Waals surface area contributed by atoms with Gasteiger partial charge in [0, 0.05) is 36.8 Å². The number of rotatable bonds is 4. The molecule has 1 aromatic carbocycles. The van der Waals surface area contributed by atoms with Crippen molar-refractivity contribution in [1.29, 1.82) is 0 Å². The first-order valence-corrected chi connectivity index (χ1v) is 11.1. The molecule has 28 heavy (non-hydrogen) atoms. The molecule has 1 radical (unpaired) electrons. The van der Waals surface area contributed by atoms with Crippen LogP contribution in [0.2, 0.25) is 0 Å². The van der Waals surface area contributed by atoms with Gasteiger partial charge in [-0.25, -0.2) is 4.79 Å². The summed E-state index contributed by atoms with van der Waals surface area (Å²) in [5, 5.41) is 6.84. The number of nitrogens with zero attached hydrogens (tertiary/aromatic N) is 4. The predicted octanol–water partition coefficient (Wildman–Crippen LogP) is 3.77. The zero-order valence-corrected chi connectivity index (χ0v) is 16.8. The van der Waals surface area contributed by atoms with E-state index in [0.717, 1.165) is 24.0 Å². The molecule has 2 saturated heterocycles. The standard InChI is InChI=1S/C21H26N5OS/c27-21-23-19-2-1-16(11-20(19)24-21)15-3-9-26(10-4-15)17-5-7-25(8-6-17)13-18-12-22-14-28-18/h1-2,11-12,14-15,17H,3-10,13H2,(H,23,27). The fraction of sp³-hybridized carbons (Fsp3) is 0.524. The van der Waals surface area contributed by atoms with Crippen molar-refractivity contribution in [2.24, 2.45) is 0 Å². The third-order valence-electron chi connectivity index (χ3n) is 6.42. The van der Waals surface area contributed by atoms with Crippen LogP contribution >= 0.6 is 11.3 Å². The van der Waals surface area contributed by atoms with Crippen molar-refractivity contribution in [2.75, 3.05) is 31.5 Å². The number of carbonyl (C=O) groups excluding carboxylic acids is 1. The second-order valence-electron chi connectivity index (χ2n) is 8.10. The van der Waals surface area contributed by atoms with Gasteiger partial charge in [-0.2, -0.15) is 5.32 Å². The van der Waals surface area contributed by atoms with E-state index in [-0.39, 0.29) is 6.03 Å². The van der Waals surface area contributed by atoms with Crippen LogP contribution in [0.4, 0.5) is 16.2 Å². The van der Waals surface area contributed by atoms with Crippen molar-refractivity contribution in [1.82, 2.24) is 20.1 Å². The second kappa shape index (κ2) is 7.81. The lowest BCUT2D eigenvalue weighted by Crippen LogP contribution is -2.47. The minimum Gasteiger partial charge on any atom is -0.304 e. The molecule has 0 atom stereocenters. The molecular weight excluding hydrogens is 370 g/mol. The zero-order valence-electron chi connectivity index (χ0n) is 16.0. The van der Waals surface area contributed by atoms with E-state index in [4.69, 9.17) is 0 Å². The molecule has 7 heteroatoms. The number of nitrogens with one attached hydrogen (secondary N) is 1. The van der Waals surface area contributed by atoms with Gasteiger partial charge in [-0.3, -0.25) is 9.88 Å². The fourth-order valence-electron chi connectivity index (χ4n) is 4.83. The Morgan fingerprint density at radius 2 is 1.93 bits per heavy atom. The van der Waals surface area contributed by atoms with Gasteiger partial charge in [-0.05, 0) is 62.4 Å². The van der Waals surface area contributed by atoms with E-state index >= 15 is 0 Å². The lowest BCUT2D eigenvalue weighted by Gasteiger charge is -2.42. The molecule has 2 amide bonds. The van der Waals surface area contributed by atoms with Crippen LogP contribution < -0.4 is 10.6 Å². The summed E-state index contributed by atoms with van der Waals surface area (Å²) in [6.45, 7) is 5.79. The molecule has 0 unspecified atom stereocenters. The van der Waals surface area contributed by atoms with Crippen molar-refractivity contribution in [3.63, 3.8) is 0 Å². The Kier molecular flexibility index (Phi) is 5.05. The number of piperidine rings is 2. The summed E-state index contributed by atoms with van der Waals surface area (Å²) in [6.07, 6.45) is 6.94. The number of aromatic nitrogens is 1. The van der Waals surface area contributed by atoms with E-state index in [1.807, 2.05) is 17.8 Å². The van der Waals surface area contributed by atoms with Gasteiger partial charge in [0.25, 0.3) is 0 Å². The van der Waals surface area contributed by atoms with E-state index < -0.39 is 0 Å². The molecule has 0 spiro atoms. The number of thiazole rings is 1. The van der Waals surface area contributed by atoms with Crippen LogP contribution in [-0.2, 0) is 6.54 Å². The summed E-state index contributed by atoms with van der Waals surface area (Å²) in [5.41, 5.74) is 4.91. The van der Waals surface area contributed by atoms with E-state index in [1.54, 1.807) is 11.3 Å². The van der Waals surface area contributed by atoms with Gasteiger partial charge in [0.2, 0.25) is 0 Å². The smallest absolute Gasteiger partial charge is 0.304 e. The predicted molar refractivity (Wildman–Crippen MR) is 111 cm³/mol. The summed E-state index contributed by atoms with van der Waals surface area (Å²) in [4.78, 5) is 22.3. The quantitative estimate of drug-likeness (QED) is 0.855. The van der Waals surface area contributed by atoms with Crippen LogP contribution in [0, 0.1) is 0 Å². The van der Waals surface area contributed by atoms with E-state index in [2.05, 4.69) is 37.6 Å². The maximum atomic E-state index is 11.4. The highest BCUT2D eigenvalue weighted by molar-refractivity contribution is 7.09. The minimum absolute atomic E-state index is 0.247. The van der Waals surface area contributed by atoms with E-state index in [1.165, 1.54) is 62.3 Å². The molecule has 4 heterocycles. The number of benzene rings is 1. The maximum absolute atomic E-state index is 11.4. The number of likely N-dealkylation sites (tertiary alicyclic amines) is 2. The maximum Gasteiger partial charge on any atom is 0.346 e. The monoisotopic (exact) mass is 396 g/mol. The van der Waals surface area contributed by atoms with Crippen LogP contribution in [0.15, 0.2) is 29.9 Å². The van der Waals surface area contributed by atoms with Crippen LogP contribution in [0.3, 0.4) is 0 Å². The minimum atomic E-state index is -0.247. The lowest BCUT2D eigenvalue weighted by molar-refractivity contribution is 0.0849.